The van der Waals surface area contributed by atoms with Crippen LogP contribution in [0.5, 0.6) is 11.5 Å². The molecule has 0 bridgehead atoms. The van der Waals surface area contributed by atoms with Crippen LogP contribution >= 0.6 is 0 Å². The molecule has 0 aliphatic carbocycles. The molecule has 1 aliphatic rings. The van der Waals surface area contributed by atoms with Gasteiger partial charge in [0.25, 0.3) is 0 Å². The van der Waals surface area contributed by atoms with E-state index < -0.39 is 0 Å². The van der Waals surface area contributed by atoms with E-state index in [4.69, 9.17) is 4.74 Å². The van der Waals surface area contributed by atoms with Gasteiger partial charge in [0, 0.05) is 18.2 Å². The second-order valence-electron chi connectivity index (χ2n) is 3.73. The molecule has 0 aromatic heterocycles. The predicted molar refractivity (Wildman–Crippen MR) is 54.9 cm³/mol. The summed E-state index contributed by atoms with van der Waals surface area (Å²) in [5, 5.41) is 13.1. The van der Waals surface area contributed by atoms with E-state index in [9.17, 15) is 5.11 Å². The molecule has 3 heteroatoms. The SMILES string of the molecule is COc1cc([C@H]2CN2)c(O)c(C)c1C. The average Bonchev–Trinajstić information content (AvgIpc) is 2.98. The van der Waals surface area contributed by atoms with E-state index in [0.29, 0.717) is 11.8 Å². The molecular formula is C11H15NO2. The molecule has 0 saturated carbocycles. The number of phenolic OH excluding ortho intramolecular Hbond substituents is 1. The van der Waals surface area contributed by atoms with Gasteiger partial charge in [-0.3, -0.25) is 0 Å². The topological polar surface area (TPSA) is 51.4 Å². The van der Waals surface area contributed by atoms with Crippen LogP contribution in [0.15, 0.2) is 6.07 Å². The van der Waals surface area contributed by atoms with Gasteiger partial charge in [0.05, 0.1) is 7.11 Å². The number of nitrogens with one attached hydrogen (secondary N) is 1. The smallest absolute Gasteiger partial charge is 0.123 e. The highest BCUT2D eigenvalue weighted by Crippen LogP contribution is 2.38. The van der Waals surface area contributed by atoms with Crippen LogP contribution in [0.3, 0.4) is 0 Å². The monoisotopic (exact) mass is 193 g/mol. The Balaban J connectivity index is 2.55. The van der Waals surface area contributed by atoms with Gasteiger partial charge in [-0.25, -0.2) is 0 Å². The van der Waals surface area contributed by atoms with E-state index in [2.05, 4.69) is 5.32 Å². The summed E-state index contributed by atoms with van der Waals surface area (Å²) < 4.78 is 5.26. The third-order valence-corrected chi connectivity index (χ3v) is 2.85. The first-order valence-electron chi connectivity index (χ1n) is 4.75. The minimum absolute atomic E-state index is 0.309. The number of hydrogen-bond acceptors (Lipinski definition) is 3. The third-order valence-electron chi connectivity index (χ3n) is 2.85. The largest absolute Gasteiger partial charge is 0.507 e. The maximum Gasteiger partial charge on any atom is 0.123 e. The van der Waals surface area contributed by atoms with Gasteiger partial charge in [-0.2, -0.15) is 0 Å². The maximum absolute atomic E-state index is 9.91. The molecule has 1 fully saturated rings. The van der Waals surface area contributed by atoms with Crippen molar-refractivity contribution in [3.8, 4) is 11.5 Å². The normalized spacial score (nSPS) is 19.5. The van der Waals surface area contributed by atoms with Crippen LogP contribution in [0.25, 0.3) is 0 Å². The van der Waals surface area contributed by atoms with Crippen molar-refractivity contribution >= 4 is 0 Å². The van der Waals surface area contributed by atoms with Gasteiger partial charge in [0.15, 0.2) is 0 Å². The van der Waals surface area contributed by atoms with Crippen molar-refractivity contribution in [2.24, 2.45) is 0 Å². The minimum atomic E-state index is 0.309. The van der Waals surface area contributed by atoms with Crippen molar-refractivity contribution in [2.45, 2.75) is 19.9 Å². The molecule has 1 aromatic rings. The van der Waals surface area contributed by atoms with Gasteiger partial charge in [-0.15, -0.1) is 0 Å². The molecular weight excluding hydrogens is 178 g/mol. The van der Waals surface area contributed by atoms with E-state index >= 15 is 0 Å². The number of benzene rings is 1. The lowest BCUT2D eigenvalue weighted by atomic mass is 10.0. The van der Waals surface area contributed by atoms with E-state index in [-0.39, 0.29) is 0 Å². The van der Waals surface area contributed by atoms with Crippen LogP contribution in [0.2, 0.25) is 0 Å². The highest BCUT2D eigenvalue weighted by molar-refractivity contribution is 5.53. The number of hydrogen-bond donors (Lipinski definition) is 2. The van der Waals surface area contributed by atoms with Crippen LogP contribution in [0.1, 0.15) is 22.7 Å². The minimum Gasteiger partial charge on any atom is -0.507 e. The highest BCUT2D eigenvalue weighted by atomic mass is 16.5. The van der Waals surface area contributed by atoms with Crippen molar-refractivity contribution in [3.05, 3.63) is 22.8 Å². The Kier molecular flexibility index (Phi) is 2.11. The summed E-state index contributed by atoms with van der Waals surface area (Å²) in [6.07, 6.45) is 0. The molecule has 3 nitrogen and oxygen atoms in total. The second kappa shape index (κ2) is 3.17. The van der Waals surface area contributed by atoms with Crippen LogP contribution in [-0.2, 0) is 0 Å². The van der Waals surface area contributed by atoms with Gasteiger partial charge in [-0.1, -0.05) is 0 Å². The number of ether oxygens (including phenoxy) is 1. The lowest BCUT2D eigenvalue weighted by Gasteiger charge is -2.12. The highest BCUT2D eigenvalue weighted by Gasteiger charge is 2.27. The molecule has 1 saturated heterocycles. The Hall–Kier alpha value is -1.22. The first-order chi connectivity index (χ1) is 6.65. The maximum atomic E-state index is 9.91. The van der Waals surface area contributed by atoms with Crippen molar-refractivity contribution in [1.82, 2.24) is 5.32 Å². The molecule has 1 atom stereocenters. The summed E-state index contributed by atoms with van der Waals surface area (Å²) in [4.78, 5) is 0. The first-order valence-corrected chi connectivity index (χ1v) is 4.75. The summed E-state index contributed by atoms with van der Waals surface area (Å²) >= 11 is 0. The Morgan fingerprint density at radius 1 is 1.43 bits per heavy atom. The van der Waals surface area contributed by atoms with Gasteiger partial charge in [0.2, 0.25) is 0 Å². The predicted octanol–water partition coefficient (Wildman–Crippen LogP) is 1.66. The number of rotatable bonds is 2. The zero-order valence-corrected chi connectivity index (χ0v) is 8.72. The number of aromatic hydroxyl groups is 1. The van der Waals surface area contributed by atoms with E-state index in [1.54, 1.807) is 7.11 Å². The van der Waals surface area contributed by atoms with E-state index in [0.717, 1.165) is 29.0 Å². The Labute approximate surface area is 83.7 Å². The lowest BCUT2D eigenvalue weighted by molar-refractivity contribution is 0.406. The number of phenols is 1. The summed E-state index contributed by atoms with van der Waals surface area (Å²) in [6.45, 7) is 4.82. The first kappa shape index (κ1) is 9.34. The second-order valence-corrected chi connectivity index (χ2v) is 3.73. The summed E-state index contributed by atoms with van der Waals surface area (Å²) in [5.41, 5.74) is 2.87. The van der Waals surface area contributed by atoms with Gasteiger partial charge in [-0.05, 0) is 31.0 Å². The molecule has 0 unspecified atom stereocenters. The fraction of sp³-hybridized carbons (Fsp3) is 0.455. The van der Waals surface area contributed by atoms with Crippen molar-refractivity contribution < 1.29 is 9.84 Å². The molecule has 0 amide bonds. The van der Waals surface area contributed by atoms with Crippen LogP contribution in [0.4, 0.5) is 0 Å². The van der Waals surface area contributed by atoms with Crippen LogP contribution < -0.4 is 10.1 Å². The van der Waals surface area contributed by atoms with E-state index in [1.165, 1.54) is 0 Å². The quantitative estimate of drug-likeness (QED) is 0.702. The van der Waals surface area contributed by atoms with Crippen molar-refractivity contribution in [3.63, 3.8) is 0 Å². The zero-order chi connectivity index (χ0) is 10.3. The Morgan fingerprint density at radius 2 is 2.07 bits per heavy atom. The van der Waals surface area contributed by atoms with Crippen LogP contribution in [0, 0.1) is 13.8 Å². The van der Waals surface area contributed by atoms with Crippen molar-refractivity contribution in [1.29, 1.82) is 0 Å². The average molecular weight is 193 g/mol. The van der Waals surface area contributed by atoms with Gasteiger partial charge in [0.1, 0.15) is 11.5 Å². The molecule has 1 heterocycles. The van der Waals surface area contributed by atoms with Gasteiger partial charge < -0.3 is 15.2 Å². The molecule has 1 aliphatic heterocycles. The summed E-state index contributed by atoms with van der Waals surface area (Å²) in [5.74, 6) is 1.25. The Morgan fingerprint density at radius 3 is 2.57 bits per heavy atom. The zero-order valence-electron chi connectivity index (χ0n) is 8.72. The number of methoxy groups -OCH3 is 1. The fourth-order valence-electron chi connectivity index (χ4n) is 1.65. The van der Waals surface area contributed by atoms with E-state index in [1.807, 2.05) is 19.9 Å². The molecule has 1 aromatic carbocycles. The molecule has 0 radical (unpaired) electrons. The van der Waals surface area contributed by atoms with Crippen molar-refractivity contribution in [2.75, 3.05) is 13.7 Å². The molecule has 2 rings (SSSR count). The molecule has 0 spiro atoms. The molecule has 76 valence electrons. The third kappa shape index (κ3) is 1.34. The molecule has 2 N–H and O–H groups in total. The summed E-state index contributed by atoms with van der Waals surface area (Å²) in [6, 6.07) is 2.23. The van der Waals surface area contributed by atoms with Gasteiger partial charge >= 0.3 is 0 Å². The van der Waals surface area contributed by atoms with Crippen LogP contribution in [-0.4, -0.2) is 18.8 Å². The standard InChI is InChI=1S/C11H15NO2/c1-6-7(2)11(13)8(9-5-12-9)4-10(6)14-3/h4,9,12-13H,5H2,1-3H3/t9-/m1/s1. The molecule has 14 heavy (non-hydrogen) atoms. The summed E-state index contributed by atoms with van der Waals surface area (Å²) in [7, 11) is 1.66. The Bertz CT molecular complexity index is 370. The fourth-order valence-corrected chi connectivity index (χ4v) is 1.65. The lowest BCUT2D eigenvalue weighted by Crippen LogP contribution is -1.95.